The van der Waals surface area contributed by atoms with Crippen molar-refractivity contribution in [2.45, 2.75) is 52.4 Å². The van der Waals surface area contributed by atoms with Gasteiger partial charge in [-0.05, 0) is 79.0 Å². The molecule has 1 aliphatic carbocycles. The van der Waals surface area contributed by atoms with Crippen LogP contribution in [0.3, 0.4) is 0 Å². The van der Waals surface area contributed by atoms with Crippen molar-refractivity contribution in [1.82, 2.24) is 0 Å². The average molecular weight is 379 g/mol. The normalized spacial score (nSPS) is 20.1. The van der Waals surface area contributed by atoms with Crippen molar-refractivity contribution in [1.29, 1.82) is 0 Å². The third kappa shape index (κ3) is 5.38. The zero-order valence-corrected chi connectivity index (χ0v) is 17.3. The van der Waals surface area contributed by atoms with Gasteiger partial charge in [0.05, 0.1) is 12.7 Å². The molecule has 0 aliphatic heterocycles. The van der Waals surface area contributed by atoms with E-state index in [1.165, 1.54) is 32.1 Å². The van der Waals surface area contributed by atoms with Gasteiger partial charge in [-0.2, -0.15) is 0 Å². The van der Waals surface area contributed by atoms with Crippen LogP contribution in [0.15, 0.2) is 42.5 Å². The van der Waals surface area contributed by atoms with Crippen LogP contribution in [0.4, 0.5) is 4.39 Å². The van der Waals surface area contributed by atoms with Gasteiger partial charge >= 0.3 is 0 Å². The number of benzene rings is 2. The average Bonchev–Trinajstić information content (AvgIpc) is 2.73. The van der Waals surface area contributed by atoms with Crippen LogP contribution in [0.25, 0.3) is 0 Å². The lowest BCUT2D eigenvalue weighted by Crippen LogP contribution is -2.21. The molecule has 1 atom stereocenters. The summed E-state index contributed by atoms with van der Waals surface area (Å²) in [6, 6.07) is 13.0. The van der Waals surface area contributed by atoms with E-state index >= 15 is 0 Å². The molecule has 148 valence electrons. The van der Waals surface area contributed by atoms with Crippen molar-refractivity contribution in [2.24, 2.45) is 17.8 Å². The van der Waals surface area contributed by atoms with E-state index in [0.29, 0.717) is 11.5 Å². The molecular weight excluding hydrogens is 347 g/mol. The van der Waals surface area contributed by atoms with E-state index in [4.69, 9.17) is 4.74 Å². The Morgan fingerprint density at radius 3 is 2.36 bits per heavy atom. The fourth-order valence-electron chi connectivity index (χ4n) is 4.30. The molecule has 1 nitrogen and oxygen atoms in total. The van der Waals surface area contributed by atoms with Crippen LogP contribution in [-0.2, 0) is 6.42 Å². The molecule has 0 saturated heterocycles. The number of hydrogen-bond acceptors (Lipinski definition) is 1. The van der Waals surface area contributed by atoms with Gasteiger partial charge in [0.2, 0.25) is 0 Å². The first-order valence-corrected chi connectivity index (χ1v) is 10.5. The highest BCUT2D eigenvalue weighted by Gasteiger charge is 2.24. The number of methoxy groups -OCH3 is 1. The maximum Gasteiger partial charge on any atom is 0.139 e. The van der Waals surface area contributed by atoms with E-state index in [2.05, 4.69) is 25.7 Å². The molecule has 1 fully saturated rings. The van der Waals surface area contributed by atoms with Crippen LogP contribution < -0.4 is 4.74 Å². The first-order chi connectivity index (χ1) is 13.6. The predicted molar refractivity (Wildman–Crippen MR) is 114 cm³/mol. The maximum absolute atomic E-state index is 14.5. The number of rotatable bonds is 5. The minimum atomic E-state index is -0.222. The molecule has 1 saturated carbocycles. The Kier molecular flexibility index (Phi) is 7.15. The van der Waals surface area contributed by atoms with Gasteiger partial charge in [-0.1, -0.05) is 51.0 Å². The van der Waals surface area contributed by atoms with Gasteiger partial charge in [0.15, 0.2) is 0 Å². The Morgan fingerprint density at radius 1 is 1.04 bits per heavy atom. The van der Waals surface area contributed by atoms with Gasteiger partial charge in [-0.3, -0.25) is 0 Å². The Balaban J connectivity index is 1.61. The third-order valence-electron chi connectivity index (χ3n) is 6.30. The molecule has 2 heteroatoms. The summed E-state index contributed by atoms with van der Waals surface area (Å²) >= 11 is 0. The lowest BCUT2D eigenvalue weighted by Gasteiger charge is -2.32. The fourth-order valence-corrected chi connectivity index (χ4v) is 4.30. The predicted octanol–water partition coefficient (Wildman–Crippen LogP) is 6.63. The fraction of sp³-hybridized carbons (Fsp3) is 0.462. The molecule has 1 aliphatic rings. The molecule has 0 aromatic heterocycles. The molecule has 0 amide bonds. The smallest absolute Gasteiger partial charge is 0.139 e. The zero-order chi connectivity index (χ0) is 19.9. The summed E-state index contributed by atoms with van der Waals surface area (Å²) in [5.74, 6) is 8.86. The van der Waals surface area contributed by atoms with E-state index in [1.54, 1.807) is 13.2 Å². The molecule has 28 heavy (non-hydrogen) atoms. The highest BCUT2D eigenvalue weighted by atomic mass is 19.1. The quantitative estimate of drug-likeness (QED) is 0.531. The van der Waals surface area contributed by atoms with Crippen molar-refractivity contribution in [3.05, 3.63) is 65.0 Å². The first kappa shape index (κ1) is 20.5. The van der Waals surface area contributed by atoms with Crippen molar-refractivity contribution in [2.75, 3.05) is 7.11 Å². The van der Waals surface area contributed by atoms with E-state index in [1.807, 2.05) is 36.4 Å². The maximum atomic E-state index is 14.5. The summed E-state index contributed by atoms with van der Waals surface area (Å²) in [6.45, 7) is 4.63. The minimum absolute atomic E-state index is 0.222. The van der Waals surface area contributed by atoms with E-state index < -0.39 is 0 Å². The second-order valence-electron chi connectivity index (χ2n) is 8.16. The summed E-state index contributed by atoms with van der Waals surface area (Å²) in [5.41, 5.74) is 2.38. The zero-order valence-electron chi connectivity index (χ0n) is 17.3. The Bertz CT molecular complexity index is 820. The number of halogens is 1. The molecule has 0 radical (unpaired) electrons. The molecule has 1 unspecified atom stereocenters. The van der Waals surface area contributed by atoms with Gasteiger partial charge in [-0.15, -0.1) is 0 Å². The highest BCUT2D eigenvalue weighted by Crippen LogP contribution is 2.36. The SMILES string of the molecule is CCC1CCC(C(C)Cc2ccc(C#Cc3ccc(OC)cc3)c(F)c2)CC1. The Labute approximate surface area is 169 Å². The van der Waals surface area contributed by atoms with Crippen LogP contribution in [-0.4, -0.2) is 7.11 Å². The topological polar surface area (TPSA) is 9.23 Å². The largest absolute Gasteiger partial charge is 0.497 e. The molecule has 2 aromatic carbocycles. The second kappa shape index (κ2) is 9.78. The highest BCUT2D eigenvalue weighted by molar-refractivity contribution is 5.45. The summed E-state index contributed by atoms with van der Waals surface area (Å²) in [4.78, 5) is 0. The standard InChI is InChI=1S/C26H31FO/c1-4-20-5-11-23(12-6-20)19(2)17-22-8-14-24(26(27)18-22)13-7-21-9-15-25(28-3)16-10-21/h8-10,14-16,18-20,23H,4-6,11-12,17H2,1-3H3. The van der Waals surface area contributed by atoms with E-state index in [0.717, 1.165) is 35.1 Å². The molecule has 0 spiro atoms. The van der Waals surface area contributed by atoms with Crippen LogP contribution >= 0.6 is 0 Å². The summed E-state index contributed by atoms with van der Waals surface area (Å²) < 4.78 is 19.7. The van der Waals surface area contributed by atoms with E-state index in [9.17, 15) is 4.39 Å². The van der Waals surface area contributed by atoms with Crippen LogP contribution in [0.1, 0.15) is 62.6 Å². The Hall–Kier alpha value is -2.27. The molecule has 2 aromatic rings. The number of hydrogen-bond donors (Lipinski definition) is 0. The van der Waals surface area contributed by atoms with E-state index in [-0.39, 0.29) is 5.82 Å². The molecule has 0 N–H and O–H groups in total. The summed E-state index contributed by atoms with van der Waals surface area (Å²) in [7, 11) is 1.63. The van der Waals surface area contributed by atoms with Gasteiger partial charge in [-0.25, -0.2) is 4.39 Å². The van der Waals surface area contributed by atoms with Crippen LogP contribution in [0.5, 0.6) is 5.75 Å². The lowest BCUT2D eigenvalue weighted by molar-refractivity contribution is 0.210. The molecule has 0 bridgehead atoms. The van der Waals surface area contributed by atoms with Crippen LogP contribution in [0.2, 0.25) is 0 Å². The summed E-state index contributed by atoms with van der Waals surface area (Å²) in [6.07, 6.45) is 7.64. The monoisotopic (exact) mass is 378 g/mol. The second-order valence-corrected chi connectivity index (χ2v) is 8.16. The van der Waals surface area contributed by atoms with Crippen molar-refractivity contribution in [3.8, 4) is 17.6 Å². The molecular formula is C26H31FO. The minimum Gasteiger partial charge on any atom is -0.497 e. The first-order valence-electron chi connectivity index (χ1n) is 10.5. The number of ether oxygens (including phenoxy) is 1. The van der Waals surface area contributed by atoms with Crippen molar-refractivity contribution >= 4 is 0 Å². The van der Waals surface area contributed by atoms with Crippen molar-refractivity contribution in [3.63, 3.8) is 0 Å². The van der Waals surface area contributed by atoms with Gasteiger partial charge in [0.1, 0.15) is 11.6 Å². The van der Waals surface area contributed by atoms with Crippen LogP contribution in [0, 0.1) is 35.4 Å². The molecule has 0 heterocycles. The van der Waals surface area contributed by atoms with Gasteiger partial charge < -0.3 is 4.74 Å². The summed E-state index contributed by atoms with van der Waals surface area (Å²) in [5, 5.41) is 0. The lowest BCUT2D eigenvalue weighted by atomic mass is 9.74. The Morgan fingerprint density at radius 2 is 1.75 bits per heavy atom. The third-order valence-corrected chi connectivity index (χ3v) is 6.30. The molecule has 3 rings (SSSR count). The van der Waals surface area contributed by atoms with Gasteiger partial charge in [0.25, 0.3) is 0 Å². The van der Waals surface area contributed by atoms with Crippen molar-refractivity contribution < 1.29 is 9.13 Å². The van der Waals surface area contributed by atoms with Gasteiger partial charge in [0, 0.05) is 5.56 Å².